The molecule has 1 atom stereocenters. The van der Waals surface area contributed by atoms with Crippen LogP contribution in [0.1, 0.15) is 43.6 Å². The minimum absolute atomic E-state index is 0.168. The van der Waals surface area contributed by atoms with Crippen molar-refractivity contribution in [2.75, 3.05) is 0 Å². The fourth-order valence-electron chi connectivity index (χ4n) is 2.42. The second-order valence-electron chi connectivity index (χ2n) is 4.12. The van der Waals surface area contributed by atoms with Gasteiger partial charge in [-0.15, -0.1) is 0 Å². The predicted molar refractivity (Wildman–Crippen MR) is 59.7 cm³/mol. The maximum absolute atomic E-state index is 11.1. The van der Waals surface area contributed by atoms with Crippen LogP contribution >= 0.6 is 11.3 Å². The van der Waals surface area contributed by atoms with E-state index in [9.17, 15) is 4.79 Å². The molecule has 14 heavy (non-hydrogen) atoms. The Morgan fingerprint density at radius 3 is 2.71 bits per heavy atom. The lowest BCUT2D eigenvalue weighted by atomic mass is 9.78. The number of carbonyl (C=O) groups is 1. The molecule has 0 N–H and O–H groups in total. The number of rotatable bonds is 3. The van der Waals surface area contributed by atoms with Crippen molar-refractivity contribution in [3.63, 3.8) is 0 Å². The second-order valence-corrected chi connectivity index (χ2v) is 4.90. The van der Waals surface area contributed by atoms with Gasteiger partial charge in [-0.1, -0.05) is 19.3 Å². The Morgan fingerprint density at radius 2 is 2.14 bits per heavy atom. The van der Waals surface area contributed by atoms with Gasteiger partial charge in [0.15, 0.2) is 0 Å². The first-order valence-electron chi connectivity index (χ1n) is 5.39. The van der Waals surface area contributed by atoms with Gasteiger partial charge < -0.3 is 4.79 Å². The molecule has 1 unspecified atom stereocenters. The molecule has 2 rings (SSSR count). The summed E-state index contributed by atoms with van der Waals surface area (Å²) in [4.78, 5) is 11.1. The molecule has 1 aromatic rings. The summed E-state index contributed by atoms with van der Waals surface area (Å²) in [6.07, 6.45) is 7.58. The van der Waals surface area contributed by atoms with Crippen LogP contribution < -0.4 is 0 Å². The van der Waals surface area contributed by atoms with Gasteiger partial charge in [0.05, 0.1) is 0 Å². The van der Waals surface area contributed by atoms with Crippen molar-refractivity contribution in [2.45, 2.75) is 38.0 Å². The molecule has 76 valence electrons. The van der Waals surface area contributed by atoms with E-state index in [1.807, 2.05) is 0 Å². The lowest BCUT2D eigenvalue weighted by Crippen LogP contribution is -2.16. The smallest absolute Gasteiger partial charge is 0.127 e. The summed E-state index contributed by atoms with van der Waals surface area (Å²) in [5.74, 6) is 0.775. The van der Waals surface area contributed by atoms with Gasteiger partial charge >= 0.3 is 0 Å². The molecule has 0 aliphatic heterocycles. The largest absolute Gasteiger partial charge is 0.303 e. The summed E-state index contributed by atoms with van der Waals surface area (Å²) in [5.41, 5.74) is 1.23. The van der Waals surface area contributed by atoms with E-state index in [2.05, 4.69) is 16.8 Å². The van der Waals surface area contributed by atoms with Crippen LogP contribution in [0.3, 0.4) is 0 Å². The van der Waals surface area contributed by atoms with Crippen molar-refractivity contribution >= 4 is 17.6 Å². The van der Waals surface area contributed by atoms with E-state index in [1.54, 1.807) is 11.3 Å². The van der Waals surface area contributed by atoms with Crippen molar-refractivity contribution in [2.24, 2.45) is 5.92 Å². The molecular weight excluding hydrogens is 192 g/mol. The minimum Gasteiger partial charge on any atom is -0.303 e. The normalized spacial score (nSPS) is 20.6. The quantitative estimate of drug-likeness (QED) is 0.693. The number of thiophene rings is 1. The molecule has 0 spiro atoms. The highest BCUT2D eigenvalue weighted by Gasteiger charge is 2.24. The molecule has 0 saturated heterocycles. The highest BCUT2D eigenvalue weighted by molar-refractivity contribution is 7.08. The molecule has 1 heterocycles. The number of carbonyl (C=O) groups excluding carboxylic acids is 1. The maximum atomic E-state index is 11.1. The third-order valence-corrected chi connectivity index (χ3v) is 3.93. The van der Waals surface area contributed by atoms with E-state index in [0.717, 1.165) is 6.29 Å². The van der Waals surface area contributed by atoms with Crippen molar-refractivity contribution in [1.29, 1.82) is 0 Å². The SMILES string of the molecule is O=CC(c1ccsc1)C1CCCCC1. The van der Waals surface area contributed by atoms with Crippen molar-refractivity contribution in [3.8, 4) is 0 Å². The van der Waals surface area contributed by atoms with Gasteiger partial charge in [-0.05, 0) is 41.1 Å². The molecule has 1 fully saturated rings. The Morgan fingerprint density at radius 1 is 1.36 bits per heavy atom. The van der Waals surface area contributed by atoms with Crippen LogP contribution in [-0.2, 0) is 4.79 Å². The Balaban J connectivity index is 2.08. The van der Waals surface area contributed by atoms with Gasteiger partial charge in [-0.25, -0.2) is 0 Å². The zero-order valence-electron chi connectivity index (χ0n) is 8.32. The molecule has 1 saturated carbocycles. The molecule has 0 radical (unpaired) electrons. The Bertz CT molecular complexity index is 273. The van der Waals surface area contributed by atoms with Crippen molar-refractivity contribution < 1.29 is 4.79 Å². The van der Waals surface area contributed by atoms with E-state index in [1.165, 1.54) is 37.7 Å². The fraction of sp³-hybridized carbons (Fsp3) is 0.583. The van der Waals surface area contributed by atoms with Gasteiger partial charge in [0, 0.05) is 5.92 Å². The summed E-state index contributed by atoms with van der Waals surface area (Å²) >= 11 is 1.69. The lowest BCUT2D eigenvalue weighted by Gasteiger charge is -2.26. The summed E-state index contributed by atoms with van der Waals surface area (Å²) < 4.78 is 0. The van der Waals surface area contributed by atoms with E-state index < -0.39 is 0 Å². The molecule has 1 aromatic heterocycles. The van der Waals surface area contributed by atoms with Gasteiger partial charge in [0.25, 0.3) is 0 Å². The maximum Gasteiger partial charge on any atom is 0.127 e. The van der Waals surface area contributed by atoms with Crippen molar-refractivity contribution in [3.05, 3.63) is 22.4 Å². The summed E-state index contributed by atoms with van der Waals surface area (Å²) in [7, 11) is 0. The van der Waals surface area contributed by atoms with Crippen molar-refractivity contribution in [1.82, 2.24) is 0 Å². The molecule has 1 aliphatic rings. The number of hydrogen-bond donors (Lipinski definition) is 0. The van der Waals surface area contributed by atoms with Crippen LogP contribution in [-0.4, -0.2) is 6.29 Å². The molecule has 1 nitrogen and oxygen atoms in total. The van der Waals surface area contributed by atoms with Crippen LogP contribution in [0.15, 0.2) is 16.8 Å². The zero-order valence-corrected chi connectivity index (χ0v) is 9.13. The van der Waals surface area contributed by atoms with Gasteiger partial charge in [-0.3, -0.25) is 0 Å². The molecule has 0 bridgehead atoms. The first-order chi connectivity index (χ1) is 6.92. The van der Waals surface area contributed by atoms with E-state index in [4.69, 9.17) is 0 Å². The third kappa shape index (κ3) is 2.06. The summed E-state index contributed by atoms with van der Waals surface area (Å²) in [5, 5.41) is 4.18. The van der Waals surface area contributed by atoms with Gasteiger partial charge in [0.2, 0.25) is 0 Å². The zero-order chi connectivity index (χ0) is 9.80. The standard InChI is InChI=1S/C12H16OS/c13-8-12(11-6-7-14-9-11)10-4-2-1-3-5-10/h6-10,12H,1-5H2. The molecular formula is C12H16OS. The predicted octanol–water partition coefficient (Wildman–Crippen LogP) is 3.61. The topological polar surface area (TPSA) is 17.1 Å². The van der Waals surface area contributed by atoms with E-state index in [0.29, 0.717) is 5.92 Å². The highest BCUT2D eigenvalue weighted by Crippen LogP contribution is 2.35. The van der Waals surface area contributed by atoms with Crippen LogP contribution in [0, 0.1) is 5.92 Å². The molecule has 2 heteroatoms. The Labute approximate surface area is 89.1 Å². The van der Waals surface area contributed by atoms with Crippen LogP contribution in [0.4, 0.5) is 0 Å². The Hall–Kier alpha value is -0.630. The third-order valence-electron chi connectivity index (χ3n) is 3.23. The average molecular weight is 208 g/mol. The van der Waals surface area contributed by atoms with Crippen LogP contribution in [0.5, 0.6) is 0 Å². The molecule has 0 amide bonds. The Kier molecular flexibility index (Phi) is 3.35. The van der Waals surface area contributed by atoms with E-state index in [-0.39, 0.29) is 5.92 Å². The average Bonchev–Trinajstić information content (AvgIpc) is 2.74. The highest BCUT2D eigenvalue weighted by atomic mass is 32.1. The fourth-order valence-corrected chi connectivity index (χ4v) is 3.13. The summed E-state index contributed by atoms with van der Waals surface area (Å²) in [6.45, 7) is 0. The first-order valence-corrected chi connectivity index (χ1v) is 6.33. The van der Waals surface area contributed by atoms with Crippen LogP contribution in [0.25, 0.3) is 0 Å². The summed E-state index contributed by atoms with van der Waals surface area (Å²) in [6, 6.07) is 2.10. The number of hydrogen-bond acceptors (Lipinski definition) is 2. The van der Waals surface area contributed by atoms with Gasteiger partial charge in [-0.2, -0.15) is 11.3 Å². The van der Waals surface area contributed by atoms with E-state index >= 15 is 0 Å². The number of aldehydes is 1. The van der Waals surface area contributed by atoms with Crippen LogP contribution in [0.2, 0.25) is 0 Å². The van der Waals surface area contributed by atoms with Gasteiger partial charge in [0.1, 0.15) is 6.29 Å². The second kappa shape index (κ2) is 4.74. The lowest BCUT2D eigenvalue weighted by molar-refractivity contribution is -0.110. The first kappa shape index (κ1) is 9.91. The minimum atomic E-state index is 0.168. The molecule has 1 aliphatic carbocycles. The molecule has 0 aromatic carbocycles. The monoisotopic (exact) mass is 208 g/mol.